The maximum absolute atomic E-state index is 14.3. The van der Waals surface area contributed by atoms with E-state index in [9.17, 15) is 19.8 Å². The number of nitrogens with one attached hydrogen (secondary N) is 2. The number of anilines is 2. The number of amides is 2. The fraction of sp³-hybridized carbons (Fsp3) is 0.500. The van der Waals surface area contributed by atoms with Gasteiger partial charge in [0.05, 0.1) is 45.7 Å². The van der Waals surface area contributed by atoms with E-state index in [1.54, 1.807) is 29.5 Å². The Hall–Kier alpha value is -5.62. The van der Waals surface area contributed by atoms with Gasteiger partial charge in [-0.1, -0.05) is 50.2 Å². The molecule has 3 saturated heterocycles. The van der Waals surface area contributed by atoms with Gasteiger partial charge in [-0.25, -0.2) is 4.98 Å². The molecule has 0 aliphatic carbocycles. The van der Waals surface area contributed by atoms with Gasteiger partial charge in [0.15, 0.2) is 11.6 Å². The third kappa shape index (κ3) is 9.42. The van der Waals surface area contributed by atoms with E-state index in [-0.39, 0.29) is 42.5 Å². The number of ether oxygens (including phenoxy) is 1. The van der Waals surface area contributed by atoms with Crippen molar-refractivity contribution in [1.29, 1.82) is 0 Å². The van der Waals surface area contributed by atoms with E-state index in [0.29, 0.717) is 47.6 Å². The van der Waals surface area contributed by atoms with Crippen molar-refractivity contribution in [3.63, 3.8) is 0 Å². The number of phenolic OH excluding ortho intramolecular Hbond substituents is 1. The van der Waals surface area contributed by atoms with Crippen LogP contribution in [-0.2, 0) is 9.59 Å². The molecule has 0 spiro atoms. The van der Waals surface area contributed by atoms with Crippen molar-refractivity contribution in [3.8, 4) is 33.3 Å². The van der Waals surface area contributed by atoms with Crippen LogP contribution in [0.4, 0.5) is 11.5 Å². The number of piperazine rings is 1. The number of rotatable bonds is 13. The smallest absolute Gasteiger partial charge is 0.254 e. The van der Waals surface area contributed by atoms with E-state index in [1.807, 2.05) is 75.7 Å². The molecule has 17 heteroatoms. The second-order valence-electron chi connectivity index (χ2n) is 18.4. The number of nitrogens with zero attached hydrogens (tertiary/aromatic N) is 8. The number of phenols is 1. The standard InChI is InChI=1S/C48H60N10O6S/c1-28(2)44(48(62)58-26-36(59)21-40(58)47(61)51-30(4)32-10-12-33(13-11-32)45-31(5)50-27-65-45)42-23-43(54-64-42)63-19-18-55-15-14-34(20-29(55)3)56-16-17-57-35(25-56)24-49-46-39(57)22-38(52-53-46)37-8-6-7-9-41(37)60/h6-13,22-23,27-30,34-36,40,44,59-60H,14-21,24-26H2,1-5H3,(H,49,53)(H,51,61)/t29-,30+,34+,35-,36-,40+,44-/m1/s1. The Morgan fingerprint density at radius 2 is 1.83 bits per heavy atom. The first-order valence-corrected chi connectivity index (χ1v) is 23.8. The summed E-state index contributed by atoms with van der Waals surface area (Å²) in [6.07, 6.45) is 1.47. The molecular weight excluding hydrogens is 845 g/mol. The Balaban J connectivity index is 0.754. The van der Waals surface area contributed by atoms with Crippen molar-refractivity contribution < 1.29 is 29.1 Å². The number of carbonyl (C=O) groups excluding carboxylic acids is 2. The summed E-state index contributed by atoms with van der Waals surface area (Å²) in [5.74, 6) is 0.206. The highest BCUT2D eigenvalue weighted by atomic mass is 32.1. The summed E-state index contributed by atoms with van der Waals surface area (Å²) in [4.78, 5) is 42.5. The zero-order valence-corrected chi connectivity index (χ0v) is 38.6. The third-order valence-electron chi connectivity index (χ3n) is 13.8. The van der Waals surface area contributed by atoms with Crippen LogP contribution in [0.15, 0.2) is 70.7 Å². The fourth-order valence-electron chi connectivity index (χ4n) is 10.2. The summed E-state index contributed by atoms with van der Waals surface area (Å²) in [6, 6.07) is 19.1. The molecule has 2 aromatic carbocycles. The molecule has 0 saturated carbocycles. The molecular formula is C48H60N10O6S. The number of hydrogen-bond donors (Lipinski definition) is 4. The summed E-state index contributed by atoms with van der Waals surface area (Å²) >= 11 is 1.59. The highest BCUT2D eigenvalue weighted by Gasteiger charge is 2.44. The summed E-state index contributed by atoms with van der Waals surface area (Å²) in [6.45, 7) is 15.9. The molecule has 2 amide bonds. The van der Waals surface area contributed by atoms with E-state index in [4.69, 9.17) is 9.26 Å². The van der Waals surface area contributed by atoms with Crippen LogP contribution >= 0.6 is 11.3 Å². The number of hydrogen-bond acceptors (Lipinski definition) is 15. The normalized spacial score (nSPS) is 23.4. The van der Waals surface area contributed by atoms with Crippen LogP contribution in [0.1, 0.15) is 75.9 Å². The lowest BCUT2D eigenvalue weighted by Crippen LogP contribution is -2.61. The minimum Gasteiger partial charge on any atom is -0.507 e. The number of β-amino-alcohol motifs (C(OH)–C–C–N with tert-alkyl or cyclic N) is 1. The first-order valence-electron chi connectivity index (χ1n) is 22.9. The van der Waals surface area contributed by atoms with Gasteiger partial charge in [0, 0.05) is 75.9 Å². The van der Waals surface area contributed by atoms with Crippen LogP contribution in [0.5, 0.6) is 11.6 Å². The van der Waals surface area contributed by atoms with Gasteiger partial charge in [0.2, 0.25) is 11.8 Å². The summed E-state index contributed by atoms with van der Waals surface area (Å²) in [5.41, 5.74) is 7.21. The zero-order valence-electron chi connectivity index (χ0n) is 37.8. The molecule has 0 radical (unpaired) electrons. The lowest BCUT2D eigenvalue weighted by molar-refractivity contribution is -0.141. The van der Waals surface area contributed by atoms with E-state index in [0.717, 1.165) is 85.3 Å². The molecule has 3 fully saturated rings. The van der Waals surface area contributed by atoms with Gasteiger partial charge in [-0.2, -0.15) is 0 Å². The van der Waals surface area contributed by atoms with Crippen molar-refractivity contribution in [2.24, 2.45) is 5.92 Å². The van der Waals surface area contributed by atoms with E-state index >= 15 is 0 Å². The first kappa shape index (κ1) is 44.6. The second kappa shape index (κ2) is 19.1. The number of fused-ring (bicyclic) bond motifs is 3. The summed E-state index contributed by atoms with van der Waals surface area (Å²) < 4.78 is 11.9. The largest absolute Gasteiger partial charge is 0.507 e. The van der Waals surface area contributed by atoms with Gasteiger partial charge < -0.3 is 39.9 Å². The van der Waals surface area contributed by atoms with Crippen molar-refractivity contribution >= 4 is 34.7 Å². The molecule has 3 aromatic heterocycles. The number of benzene rings is 2. The molecule has 65 heavy (non-hydrogen) atoms. The zero-order chi connectivity index (χ0) is 45.4. The molecule has 4 aliphatic rings. The molecule has 7 heterocycles. The topological polar surface area (TPSA) is 186 Å². The third-order valence-corrected chi connectivity index (χ3v) is 14.8. The van der Waals surface area contributed by atoms with Gasteiger partial charge >= 0.3 is 0 Å². The lowest BCUT2D eigenvalue weighted by Gasteiger charge is -2.50. The Labute approximate surface area is 384 Å². The van der Waals surface area contributed by atoms with Gasteiger partial charge in [-0.05, 0) is 74.0 Å². The highest BCUT2D eigenvalue weighted by Crippen LogP contribution is 2.38. The molecule has 4 N–H and O–H groups in total. The van der Waals surface area contributed by atoms with Gasteiger partial charge in [-0.15, -0.1) is 21.5 Å². The summed E-state index contributed by atoms with van der Waals surface area (Å²) in [5, 5.41) is 40.8. The van der Waals surface area contributed by atoms with Crippen LogP contribution < -0.4 is 20.3 Å². The van der Waals surface area contributed by atoms with Crippen LogP contribution in [0.2, 0.25) is 0 Å². The number of aromatic nitrogens is 4. The van der Waals surface area contributed by atoms with Gasteiger partial charge in [0.25, 0.3) is 5.88 Å². The Bertz CT molecular complexity index is 2460. The molecule has 5 aromatic rings. The average Bonchev–Trinajstić information content (AvgIpc) is 4.06. The SMILES string of the molecule is Cc1ncsc1-c1ccc([C@H](C)NC(=O)[C@@H]2C[C@@H](O)CN2C(=O)[C@@H](c2cc(OCCN3CC[C@H](N4CCN5c6cc(-c7ccccc7O)nnc6NC[C@@H]5C4)C[C@H]3C)no2)C(C)C)cc1. The average molecular weight is 905 g/mol. The van der Waals surface area contributed by atoms with E-state index < -0.39 is 18.1 Å². The van der Waals surface area contributed by atoms with Crippen LogP contribution in [0.3, 0.4) is 0 Å². The van der Waals surface area contributed by atoms with Crippen molar-refractivity contribution in [2.75, 3.05) is 62.6 Å². The minimum absolute atomic E-state index is 0.0602. The Morgan fingerprint density at radius 1 is 1.02 bits per heavy atom. The quantitative estimate of drug-likeness (QED) is 0.113. The van der Waals surface area contributed by atoms with E-state index in [2.05, 4.69) is 52.6 Å². The van der Waals surface area contributed by atoms with Crippen molar-refractivity contribution in [1.82, 2.24) is 40.4 Å². The van der Waals surface area contributed by atoms with Crippen LogP contribution in [0.25, 0.3) is 21.7 Å². The maximum atomic E-state index is 14.3. The molecule has 16 nitrogen and oxygen atoms in total. The van der Waals surface area contributed by atoms with Crippen LogP contribution in [0, 0.1) is 12.8 Å². The predicted octanol–water partition coefficient (Wildman–Crippen LogP) is 5.70. The number of aliphatic hydroxyl groups excluding tert-OH is 1. The monoisotopic (exact) mass is 904 g/mol. The lowest BCUT2D eigenvalue weighted by atomic mass is 9.91. The number of carbonyl (C=O) groups is 2. The number of thiazole rings is 1. The fourth-order valence-corrected chi connectivity index (χ4v) is 11.0. The number of aryl methyl sites for hydroxylation is 1. The number of likely N-dealkylation sites (tertiary alicyclic amines) is 2. The first-order chi connectivity index (χ1) is 31.4. The number of aliphatic hydroxyl groups is 1. The summed E-state index contributed by atoms with van der Waals surface area (Å²) in [7, 11) is 0. The highest BCUT2D eigenvalue weighted by molar-refractivity contribution is 7.13. The van der Waals surface area contributed by atoms with Crippen LogP contribution in [-0.4, -0.2) is 140 Å². The molecule has 9 rings (SSSR count). The van der Waals surface area contributed by atoms with Gasteiger partial charge in [0.1, 0.15) is 24.3 Å². The van der Waals surface area contributed by atoms with Crippen molar-refractivity contribution in [3.05, 3.63) is 83.2 Å². The molecule has 4 aliphatic heterocycles. The Morgan fingerprint density at radius 3 is 2.58 bits per heavy atom. The van der Waals surface area contributed by atoms with Crippen molar-refractivity contribution in [2.45, 2.75) is 96.1 Å². The number of piperidine rings is 1. The number of para-hydroxylation sites is 1. The molecule has 0 unspecified atom stereocenters. The molecule has 0 bridgehead atoms. The molecule has 344 valence electrons. The van der Waals surface area contributed by atoms with E-state index in [1.165, 1.54) is 4.90 Å². The minimum atomic E-state index is -0.822. The number of aromatic hydroxyl groups is 1. The predicted molar refractivity (Wildman–Crippen MR) is 249 cm³/mol. The maximum Gasteiger partial charge on any atom is 0.254 e. The second-order valence-corrected chi connectivity index (χ2v) is 19.3. The Kier molecular flexibility index (Phi) is 13.1. The molecule has 7 atom stereocenters. The van der Waals surface area contributed by atoms with Gasteiger partial charge in [-0.3, -0.25) is 19.4 Å².